The third kappa shape index (κ3) is 7.37. The van der Waals surface area contributed by atoms with Gasteiger partial charge in [0.2, 0.25) is 0 Å². The van der Waals surface area contributed by atoms with Crippen LogP contribution in [0.3, 0.4) is 0 Å². The van der Waals surface area contributed by atoms with Crippen molar-refractivity contribution >= 4 is 55.8 Å². The molecule has 1 unspecified atom stereocenters. The molecule has 0 radical (unpaired) electrons. The summed E-state index contributed by atoms with van der Waals surface area (Å²) in [6, 6.07) is 11.8. The molecule has 14 heteroatoms. The average Bonchev–Trinajstić information content (AvgIpc) is 3.57. The van der Waals surface area contributed by atoms with Crippen LogP contribution in [0.2, 0.25) is 5.02 Å². The van der Waals surface area contributed by atoms with Gasteiger partial charge >= 0.3 is 6.09 Å². The van der Waals surface area contributed by atoms with Gasteiger partial charge < -0.3 is 24.8 Å². The van der Waals surface area contributed by atoms with Crippen LogP contribution >= 0.6 is 22.9 Å². The minimum atomic E-state index is -3.44. The Morgan fingerprint density at radius 2 is 1.82 bits per heavy atom. The number of nitrogens with zero attached hydrogens (tertiary/aromatic N) is 3. The molecule has 240 valence electrons. The largest absolute Gasteiger partial charge is 0.489 e. The minimum absolute atomic E-state index is 0.137. The molecule has 1 aliphatic rings. The zero-order valence-corrected chi connectivity index (χ0v) is 28.0. The predicted octanol–water partition coefficient (Wildman–Crippen LogP) is 6.16. The van der Waals surface area contributed by atoms with Crippen LogP contribution in [0.1, 0.15) is 61.9 Å². The van der Waals surface area contributed by atoms with Gasteiger partial charge in [-0.3, -0.25) is 9.36 Å². The fraction of sp³-hybridized carbons (Fsp3) is 0.387. The minimum Gasteiger partial charge on any atom is -0.489 e. The van der Waals surface area contributed by atoms with E-state index in [1.165, 1.54) is 12.1 Å². The maximum atomic E-state index is 12.4. The summed E-state index contributed by atoms with van der Waals surface area (Å²) in [7, 11) is -3.44. The molecule has 2 amide bonds. The van der Waals surface area contributed by atoms with Gasteiger partial charge in [0.25, 0.3) is 5.91 Å². The zero-order chi connectivity index (χ0) is 32.7. The normalized spacial score (nSPS) is 15.2. The van der Waals surface area contributed by atoms with Crippen molar-refractivity contribution in [3.63, 3.8) is 0 Å². The number of halogens is 1. The maximum absolute atomic E-state index is 12.4. The van der Waals surface area contributed by atoms with Crippen molar-refractivity contribution in [2.24, 2.45) is 5.73 Å². The molecular weight excluding hydrogens is 640 g/mol. The van der Waals surface area contributed by atoms with Crippen molar-refractivity contribution < 1.29 is 32.2 Å². The van der Waals surface area contributed by atoms with E-state index in [9.17, 15) is 18.0 Å². The van der Waals surface area contributed by atoms with Crippen LogP contribution in [-0.4, -0.2) is 65.9 Å². The first-order chi connectivity index (χ1) is 21.1. The van der Waals surface area contributed by atoms with E-state index in [2.05, 4.69) is 4.98 Å². The first kappa shape index (κ1) is 32.6. The second-order valence-electron chi connectivity index (χ2n) is 11.9. The molecule has 4 aromatic rings. The highest BCUT2D eigenvalue weighted by Crippen LogP contribution is 2.39. The van der Waals surface area contributed by atoms with Gasteiger partial charge in [-0.05, 0) is 52.0 Å². The van der Waals surface area contributed by atoms with Gasteiger partial charge in [-0.1, -0.05) is 23.7 Å². The number of aromatic nitrogens is 2. The van der Waals surface area contributed by atoms with E-state index in [1.54, 1.807) is 40.9 Å². The van der Waals surface area contributed by atoms with Gasteiger partial charge in [0.1, 0.15) is 45.5 Å². The molecule has 0 saturated carbocycles. The number of carbonyl (C=O) groups excluding carboxylic acids is 2. The number of carbonyl (C=O) groups is 2. The highest BCUT2D eigenvalue weighted by atomic mass is 35.5. The molecule has 2 aromatic heterocycles. The average molecular weight is 675 g/mol. The summed E-state index contributed by atoms with van der Waals surface area (Å²) in [5.41, 5.74) is 6.95. The van der Waals surface area contributed by atoms with Gasteiger partial charge in [-0.15, -0.1) is 11.3 Å². The quantitative estimate of drug-likeness (QED) is 0.234. The molecule has 2 aromatic carbocycles. The Balaban J connectivity index is 1.33. The van der Waals surface area contributed by atoms with E-state index in [0.29, 0.717) is 58.3 Å². The number of hydrogen-bond acceptors (Lipinski definition) is 9. The Kier molecular flexibility index (Phi) is 9.07. The highest BCUT2D eigenvalue weighted by Gasteiger charge is 2.29. The van der Waals surface area contributed by atoms with Crippen LogP contribution in [0.5, 0.6) is 11.5 Å². The lowest BCUT2D eigenvalue weighted by Gasteiger charge is -2.33. The number of sulfone groups is 1. The monoisotopic (exact) mass is 674 g/mol. The zero-order valence-electron chi connectivity index (χ0n) is 25.6. The van der Waals surface area contributed by atoms with E-state index >= 15 is 0 Å². The lowest BCUT2D eigenvalue weighted by molar-refractivity contribution is 0.0126. The molecular formula is C31H35ClN4O7S2. The Morgan fingerprint density at radius 1 is 1.11 bits per heavy atom. The van der Waals surface area contributed by atoms with Crippen molar-refractivity contribution in [1.82, 2.24) is 14.5 Å². The third-order valence-electron chi connectivity index (χ3n) is 7.22. The number of fused-ring (bicyclic) bond motifs is 1. The fourth-order valence-electron chi connectivity index (χ4n) is 4.98. The lowest BCUT2D eigenvalue weighted by atomic mass is 10.1. The molecule has 3 heterocycles. The van der Waals surface area contributed by atoms with E-state index in [1.807, 2.05) is 32.9 Å². The fourth-order valence-corrected chi connectivity index (χ4v) is 6.87. The van der Waals surface area contributed by atoms with Crippen LogP contribution in [0.25, 0.3) is 16.0 Å². The second-order valence-corrected chi connectivity index (χ2v) is 15.3. The first-order valence-corrected chi connectivity index (χ1v) is 17.4. The van der Waals surface area contributed by atoms with Gasteiger partial charge in [-0.25, -0.2) is 18.2 Å². The SMILES string of the molecule is CC(Oc1cc(-n2cnc3ccc(S(C)(=O)=O)cc32)sc1C(N)=O)c1cccc(OC2CCN(C(=O)OC(C)(C)C)CC2)c1Cl. The van der Waals surface area contributed by atoms with Crippen LogP contribution in [0.4, 0.5) is 4.79 Å². The number of imidazole rings is 1. The van der Waals surface area contributed by atoms with Gasteiger partial charge in [0.15, 0.2) is 9.84 Å². The topological polar surface area (TPSA) is 143 Å². The summed E-state index contributed by atoms with van der Waals surface area (Å²) in [6.45, 7) is 8.34. The number of primary amides is 1. The van der Waals surface area contributed by atoms with Crippen LogP contribution < -0.4 is 15.2 Å². The smallest absolute Gasteiger partial charge is 0.410 e. The number of thiophene rings is 1. The Bertz CT molecular complexity index is 1850. The maximum Gasteiger partial charge on any atom is 0.410 e. The lowest BCUT2D eigenvalue weighted by Crippen LogP contribution is -2.44. The molecule has 45 heavy (non-hydrogen) atoms. The van der Waals surface area contributed by atoms with Crippen molar-refractivity contribution in [2.75, 3.05) is 19.3 Å². The number of nitrogens with two attached hydrogens (primary N) is 1. The molecule has 1 fully saturated rings. The number of amides is 2. The van der Waals surface area contributed by atoms with Crippen molar-refractivity contribution in [3.8, 4) is 16.5 Å². The van der Waals surface area contributed by atoms with E-state index in [0.717, 1.165) is 17.6 Å². The molecule has 1 saturated heterocycles. The molecule has 0 aliphatic carbocycles. The van der Waals surface area contributed by atoms with Gasteiger partial charge in [0, 0.05) is 43.8 Å². The third-order valence-corrected chi connectivity index (χ3v) is 9.86. The van der Waals surface area contributed by atoms with Crippen LogP contribution in [-0.2, 0) is 14.6 Å². The summed E-state index contributed by atoms with van der Waals surface area (Å²) in [6.07, 6.45) is 2.88. The molecule has 1 aliphatic heterocycles. The molecule has 2 N–H and O–H groups in total. The number of piperidine rings is 1. The van der Waals surface area contributed by atoms with Crippen molar-refractivity contribution in [2.45, 2.75) is 63.2 Å². The van der Waals surface area contributed by atoms with Crippen molar-refractivity contribution in [1.29, 1.82) is 0 Å². The van der Waals surface area contributed by atoms with Crippen molar-refractivity contribution in [3.05, 3.63) is 64.3 Å². The number of benzene rings is 2. The second kappa shape index (κ2) is 12.5. The van der Waals surface area contributed by atoms with Crippen LogP contribution in [0.15, 0.2) is 53.7 Å². The Morgan fingerprint density at radius 3 is 2.47 bits per heavy atom. The predicted molar refractivity (Wildman–Crippen MR) is 173 cm³/mol. The first-order valence-electron chi connectivity index (χ1n) is 14.3. The number of rotatable bonds is 8. The van der Waals surface area contributed by atoms with E-state index in [4.69, 9.17) is 31.5 Å². The summed E-state index contributed by atoms with van der Waals surface area (Å²) >= 11 is 7.91. The Hall–Kier alpha value is -3.81. The number of hydrogen-bond donors (Lipinski definition) is 1. The van der Waals surface area contributed by atoms with Gasteiger partial charge in [-0.2, -0.15) is 0 Å². The van der Waals surface area contributed by atoms with Gasteiger partial charge in [0.05, 0.1) is 21.0 Å². The molecule has 11 nitrogen and oxygen atoms in total. The highest BCUT2D eigenvalue weighted by molar-refractivity contribution is 7.90. The molecule has 1 atom stereocenters. The van der Waals surface area contributed by atoms with E-state index in [-0.39, 0.29) is 27.7 Å². The number of ether oxygens (including phenoxy) is 3. The van der Waals surface area contributed by atoms with Crippen LogP contribution in [0, 0.1) is 0 Å². The standard InChI is InChI=1S/C31H35ClN4O7S2/c1-18(21-7-6-8-24(27(21)32)42-19-11-13-35(14-12-19)30(38)43-31(2,3)4)41-25-16-26(44-28(25)29(33)37)36-17-34-22-10-9-20(15-23(22)36)45(5,39)40/h6-10,15-19H,11-14H2,1-5H3,(H2,33,37). The molecule has 0 spiro atoms. The summed E-state index contributed by atoms with van der Waals surface area (Å²) < 4.78 is 44.0. The summed E-state index contributed by atoms with van der Waals surface area (Å²) in [4.78, 5) is 31.2. The van der Waals surface area contributed by atoms with E-state index < -0.39 is 27.4 Å². The Labute approximate surface area is 270 Å². The molecule has 5 rings (SSSR count). The molecule has 0 bridgehead atoms. The summed E-state index contributed by atoms with van der Waals surface area (Å²) in [5, 5.41) is 0.949. The number of likely N-dealkylation sites (tertiary alicyclic amines) is 1. The summed E-state index contributed by atoms with van der Waals surface area (Å²) in [5.74, 6) is 0.0802.